The zero-order chi connectivity index (χ0) is 15.5. The molecule has 0 aliphatic heterocycles. The Bertz CT molecular complexity index is 757. The number of aryl methyl sites for hydroxylation is 1. The number of para-hydroxylation sites is 2. The summed E-state index contributed by atoms with van der Waals surface area (Å²) >= 11 is 0. The fourth-order valence-corrected chi connectivity index (χ4v) is 2.74. The summed E-state index contributed by atoms with van der Waals surface area (Å²) in [5.41, 5.74) is 3.67. The van der Waals surface area contributed by atoms with Gasteiger partial charge in [-0.3, -0.25) is 0 Å². The Hall–Kier alpha value is -2.29. The van der Waals surface area contributed by atoms with Crippen LogP contribution in [0, 0.1) is 6.92 Å². The first kappa shape index (κ1) is 14.6. The Morgan fingerprint density at radius 1 is 1.05 bits per heavy atom. The van der Waals surface area contributed by atoms with E-state index in [1.807, 2.05) is 12.1 Å². The van der Waals surface area contributed by atoms with E-state index in [9.17, 15) is 0 Å². The smallest absolute Gasteiger partial charge is 0.257 e. The molecule has 0 amide bonds. The molecule has 0 fully saturated rings. The van der Waals surface area contributed by atoms with Gasteiger partial charge in [-0.15, -0.1) is 0 Å². The van der Waals surface area contributed by atoms with Gasteiger partial charge in [0.2, 0.25) is 0 Å². The van der Waals surface area contributed by atoms with Crippen molar-refractivity contribution in [2.24, 2.45) is 0 Å². The van der Waals surface area contributed by atoms with E-state index in [4.69, 9.17) is 4.74 Å². The van der Waals surface area contributed by atoms with Crippen LogP contribution in [0.3, 0.4) is 0 Å². The van der Waals surface area contributed by atoms with E-state index in [-0.39, 0.29) is 0 Å². The number of hydrogen-bond acceptors (Lipinski definition) is 1. The summed E-state index contributed by atoms with van der Waals surface area (Å²) in [4.78, 5) is 3.53. The number of ether oxygens (including phenoxy) is 1. The van der Waals surface area contributed by atoms with Crippen molar-refractivity contribution in [3.05, 3.63) is 59.9 Å². The Morgan fingerprint density at radius 3 is 2.50 bits per heavy atom. The monoisotopic (exact) mass is 295 g/mol. The predicted octanol–water partition coefficient (Wildman–Crippen LogP) is 3.97. The van der Waals surface area contributed by atoms with Gasteiger partial charge in [0.15, 0.2) is 11.0 Å². The standard InChI is InChI=1S/C19H22N2O/c1-14(2)19-20-17-6-4-5-7-18(17)21(19)12-13-22-16-10-8-15(3)9-11-16/h4-11,14H,12-13H2,1-3H3/p+1. The maximum absolute atomic E-state index is 5.88. The van der Waals surface area contributed by atoms with Crippen molar-refractivity contribution in [3.63, 3.8) is 0 Å². The van der Waals surface area contributed by atoms with E-state index >= 15 is 0 Å². The van der Waals surface area contributed by atoms with Crippen molar-refractivity contribution in [2.45, 2.75) is 33.2 Å². The molecule has 3 aromatic rings. The van der Waals surface area contributed by atoms with Crippen molar-refractivity contribution >= 4 is 11.0 Å². The maximum Gasteiger partial charge on any atom is 0.257 e. The molecule has 0 unspecified atom stereocenters. The zero-order valence-electron chi connectivity index (χ0n) is 13.5. The van der Waals surface area contributed by atoms with Crippen LogP contribution in [0.4, 0.5) is 0 Å². The van der Waals surface area contributed by atoms with Crippen LogP contribution >= 0.6 is 0 Å². The summed E-state index contributed by atoms with van der Waals surface area (Å²) in [6.07, 6.45) is 0. The molecule has 3 heteroatoms. The molecule has 114 valence electrons. The molecule has 1 aromatic heterocycles. The largest absolute Gasteiger partial charge is 0.489 e. The number of aromatic amines is 1. The van der Waals surface area contributed by atoms with E-state index in [2.05, 4.69) is 66.7 Å². The van der Waals surface area contributed by atoms with Crippen LogP contribution < -0.4 is 9.30 Å². The van der Waals surface area contributed by atoms with E-state index in [0.717, 1.165) is 12.3 Å². The third kappa shape index (κ3) is 2.98. The van der Waals surface area contributed by atoms with Crippen LogP contribution in [-0.2, 0) is 6.54 Å². The summed E-state index contributed by atoms with van der Waals surface area (Å²) in [5.74, 6) is 2.62. The molecule has 3 nitrogen and oxygen atoms in total. The summed E-state index contributed by atoms with van der Waals surface area (Å²) < 4.78 is 8.21. The number of imidazole rings is 1. The molecule has 0 aliphatic carbocycles. The third-order valence-electron chi connectivity index (χ3n) is 3.90. The highest BCUT2D eigenvalue weighted by Gasteiger charge is 2.20. The number of rotatable bonds is 5. The number of hydrogen-bond donors (Lipinski definition) is 1. The van der Waals surface area contributed by atoms with Gasteiger partial charge in [0, 0.05) is 0 Å². The van der Waals surface area contributed by atoms with Crippen molar-refractivity contribution < 1.29 is 9.30 Å². The second-order valence-electron chi connectivity index (χ2n) is 6.00. The van der Waals surface area contributed by atoms with Crippen molar-refractivity contribution in [2.75, 3.05) is 6.61 Å². The van der Waals surface area contributed by atoms with Gasteiger partial charge in [-0.05, 0) is 31.2 Å². The minimum atomic E-state index is 0.451. The Morgan fingerprint density at radius 2 is 1.77 bits per heavy atom. The van der Waals surface area contributed by atoms with Gasteiger partial charge in [-0.1, -0.05) is 43.7 Å². The molecule has 0 saturated carbocycles. The molecular weight excluding hydrogens is 272 g/mol. The number of benzene rings is 2. The van der Waals surface area contributed by atoms with Crippen LogP contribution in [0.25, 0.3) is 11.0 Å². The Kier molecular flexibility index (Phi) is 4.14. The number of nitrogens with one attached hydrogen (secondary N) is 1. The highest BCUT2D eigenvalue weighted by Crippen LogP contribution is 2.15. The predicted molar refractivity (Wildman–Crippen MR) is 89.3 cm³/mol. The van der Waals surface area contributed by atoms with Gasteiger partial charge < -0.3 is 4.74 Å². The van der Waals surface area contributed by atoms with E-state index in [1.165, 1.54) is 22.4 Å². The summed E-state index contributed by atoms with van der Waals surface area (Å²) in [6, 6.07) is 16.6. The van der Waals surface area contributed by atoms with E-state index in [1.54, 1.807) is 0 Å². The molecule has 0 atom stereocenters. The van der Waals surface area contributed by atoms with Crippen LogP contribution in [0.2, 0.25) is 0 Å². The molecular formula is C19H23N2O+. The molecule has 3 rings (SSSR count). The fourth-order valence-electron chi connectivity index (χ4n) is 2.74. The van der Waals surface area contributed by atoms with Crippen LogP contribution in [0.15, 0.2) is 48.5 Å². The number of H-pyrrole nitrogens is 1. The van der Waals surface area contributed by atoms with Crippen molar-refractivity contribution in [1.29, 1.82) is 0 Å². The van der Waals surface area contributed by atoms with Gasteiger partial charge >= 0.3 is 0 Å². The SMILES string of the molecule is Cc1ccc(OCC[n+]2c(C(C)C)[nH]c3ccccc32)cc1. The van der Waals surface area contributed by atoms with Gasteiger partial charge in [0.1, 0.15) is 18.9 Å². The average Bonchev–Trinajstić information content (AvgIpc) is 2.89. The molecule has 0 saturated heterocycles. The normalized spacial score (nSPS) is 11.3. The van der Waals surface area contributed by atoms with Gasteiger partial charge in [0.05, 0.1) is 5.92 Å². The Balaban J connectivity index is 1.78. The number of aromatic nitrogens is 2. The lowest BCUT2D eigenvalue weighted by molar-refractivity contribution is -0.680. The quantitative estimate of drug-likeness (QED) is 0.709. The summed E-state index contributed by atoms with van der Waals surface area (Å²) in [5, 5.41) is 0. The number of fused-ring (bicyclic) bond motifs is 1. The first-order chi connectivity index (χ1) is 10.6. The van der Waals surface area contributed by atoms with Crippen LogP contribution in [0.5, 0.6) is 5.75 Å². The topological polar surface area (TPSA) is 28.9 Å². The van der Waals surface area contributed by atoms with Gasteiger partial charge in [0.25, 0.3) is 5.82 Å². The van der Waals surface area contributed by atoms with E-state index < -0.39 is 0 Å². The zero-order valence-corrected chi connectivity index (χ0v) is 13.5. The summed E-state index contributed by atoms with van der Waals surface area (Å²) in [7, 11) is 0. The van der Waals surface area contributed by atoms with Crippen molar-refractivity contribution in [1.82, 2.24) is 4.98 Å². The summed E-state index contributed by atoms with van der Waals surface area (Å²) in [6.45, 7) is 8.01. The first-order valence-electron chi connectivity index (χ1n) is 7.85. The first-order valence-corrected chi connectivity index (χ1v) is 7.85. The molecule has 0 aliphatic rings. The minimum Gasteiger partial charge on any atom is -0.489 e. The van der Waals surface area contributed by atoms with Crippen LogP contribution in [-0.4, -0.2) is 11.6 Å². The molecule has 0 bridgehead atoms. The highest BCUT2D eigenvalue weighted by atomic mass is 16.5. The lowest BCUT2D eigenvalue weighted by Gasteiger charge is -2.07. The fraction of sp³-hybridized carbons (Fsp3) is 0.316. The third-order valence-corrected chi connectivity index (χ3v) is 3.90. The molecule has 1 N–H and O–H groups in total. The molecule has 0 spiro atoms. The lowest BCUT2D eigenvalue weighted by atomic mass is 10.2. The van der Waals surface area contributed by atoms with E-state index in [0.29, 0.717) is 12.5 Å². The van der Waals surface area contributed by atoms with Gasteiger partial charge in [-0.2, -0.15) is 0 Å². The van der Waals surface area contributed by atoms with Crippen LogP contribution in [0.1, 0.15) is 31.2 Å². The Labute approximate surface area is 131 Å². The highest BCUT2D eigenvalue weighted by molar-refractivity contribution is 5.71. The van der Waals surface area contributed by atoms with Gasteiger partial charge in [-0.25, -0.2) is 9.55 Å². The minimum absolute atomic E-state index is 0.451. The number of nitrogens with zero attached hydrogens (tertiary/aromatic N) is 1. The second kappa shape index (κ2) is 6.22. The molecule has 1 heterocycles. The second-order valence-corrected chi connectivity index (χ2v) is 6.00. The van der Waals surface area contributed by atoms with Crippen molar-refractivity contribution in [3.8, 4) is 5.75 Å². The maximum atomic E-state index is 5.88. The lowest BCUT2D eigenvalue weighted by Crippen LogP contribution is -2.40. The molecule has 2 aromatic carbocycles. The molecule has 0 radical (unpaired) electrons. The molecule has 22 heavy (non-hydrogen) atoms. The average molecular weight is 295 g/mol.